The third-order valence-electron chi connectivity index (χ3n) is 6.67. The summed E-state index contributed by atoms with van der Waals surface area (Å²) in [6.45, 7) is 2.43. The third kappa shape index (κ3) is 2.03. The van der Waals surface area contributed by atoms with Crippen molar-refractivity contribution in [3.63, 3.8) is 0 Å². The lowest BCUT2D eigenvalue weighted by molar-refractivity contribution is -0.0197. The zero-order valence-corrected chi connectivity index (χ0v) is 11.9. The van der Waals surface area contributed by atoms with Crippen LogP contribution in [0.2, 0.25) is 0 Å². The first-order valence-corrected chi connectivity index (χ1v) is 8.54. The lowest BCUT2D eigenvalue weighted by Gasteiger charge is -2.55. The fourth-order valence-corrected chi connectivity index (χ4v) is 5.90. The summed E-state index contributed by atoms with van der Waals surface area (Å²) in [6.07, 6.45) is 13.7. The average molecular weight is 247 g/mol. The van der Waals surface area contributed by atoms with Crippen molar-refractivity contribution >= 4 is 0 Å². The molecule has 5 aliphatic carbocycles. The van der Waals surface area contributed by atoms with E-state index in [-0.39, 0.29) is 0 Å². The SMILES string of the molecule is CC1CCC(NC2C3CC4CC(C3)CC2C4)CC1. The first-order chi connectivity index (χ1) is 8.78. The summed E-state index contributed by atoms with van der Waals surface area (Å²) in [4.78, 5) is 0. The van der Waals surface area contributed by atoms with Gasteiger partial charge in [-0.1, -0.05) is 6.92 Å². The van der Waals surface area contributed by atoms with Crippen molar-refractivity contribution in [1.29, 1.82) is 0 Å². The summed E-state index contributed by atoms with van der Waals surface area (Å²) in [5.41, 5.74) is 0. The van der Waals surface area contributed by atoms with E-state index in [1.165, 1.54) is 25.7 Å². The monoisotopic (exact) mass is 247 g/mol. The van der Waals surface area contributed by atoms with Crippen molar-refractivity contribution in [3.05, 3.63) is 0 Å². The van der Waals surface area contributed by atoms with Gasteiger partial charge in [0.05, 0.1) is 0 Å². The molecule has 102 valence electrons. The van der Waals surface area contributed by atoms with E-state index in [0.717, 1.165) is 41.7 Å². The van der Waals surface area contributed by atoms with Crippen LogP contribution in [0.15, 0.2) is 0 Å². The summed E-state index contributed by atoms with van der Waals surface area (Å²) in [5, 5.41) is 4.12. The molecule has 0 aromatic rings. The minimum Gasteiger partial charge on any atom is -0.311 e. The highest BCUT2D eigenvalue weighted by atomic mass is 15.0. The molecule has 5 aliphatic rings. The molecule has 1 N–H and O–H groups in total. The molecule has 1 heteroatoms. The van der Waals surface area contributed by atoms with E-state index in [1.54, 1.807) is 32.1 Å². The highest BCUT2D eigenvalue weighted by Crippen LogP contribution is 2.53. The van der Waals surface area contributed by atoms with Crippen LogP contribution in [0.3, 0.4) is 0 Å². The number of hydrogen-bond acceptors (Lipinski definition) is 1. The quantitative estimate of drug-likeness (QED) is 0.778. The minimum absolute atomic E-state index is 0.865. The predicted molar refractivity (Wildman–Crippen MR) is 75.4 cm³/mol. The van der Waals surface area contributed by atoms with Crippen molar-refractivity contribution in [2.45, 2.75) is 76.8 Å². The minimum atomic E-state index is 0.865. The Labute approximate surface area is 112 Å². The highest BCUT2D eigenvalue weighted by Gasteiger charge is 2.48. The first kappa shape index (κ1) is 11.8. The molecule has 0 unspecified atom stereocenters. The maximum absolute atomic E-state index is 4.12. The Morgan fingerprint density at radius 1 is 0.722 bits per heavy atom. The van der Waals surface area contributed by atoms with Gasteiger partial charge in [-0.2, -0.15) is 0 Å². The van der Waals surface area contributed by atoms with Gasteiger partial charge in [0.25, 0.3) is 0 Å². The van der Waals surface area contributed by atoms with E-state index in [0.29, 0.717) is 0 Å². The second-order valence-corrected chi connectivity index (χ2v) is 8.08. The highest BCUT2D eigenvalue weighted by molar-refractivity contribution is 5.02. The normalized spacial score (nSPS) is 54.8. The van der Waals surface area contributed by atoms with Crippen LogP contribution in [0.4, 0.5) is 0 Å². The maximum Gasteiger partial charge on any atom is 0.0127 e. The van der Waals surface area contributed by atoms with Gasteiger partial charge < -0.3 is 5.32 Å². The Morgan fingerprint density at radius 3 is 1.83 bits per heavy atom. The fraction of sp³-hybridized carbons (Fsp3) is 1.00. The molecule has 0 aromatic carbocycles. The molecule has 0 saturated heterocycles. The zero-order chi connectivity index (χ0) is 12.1. The molecule has 0 amide bonds. The van der Waals surface area contributed by atoms with Crippen LogP contribution < -0.4 is 5.32 Å². The molecule has 0 heterocycles. The van der Waals surface area contributed by atoms with Crippen LogP contribution in [0.1, 0.15) is 64.7 Å². The Balaban J connectivity index is 1.40. The van der Waals surface area contributed by atoms with Gasteiger partial charge in [-0.05, 0) is 87.4 Å². The Morgan fingerprint density at radius 2 is 1.28 bits per heavy atom. The van der Waals surface area contributed by atoms with Gasteiger partial charge in [0.2, 0.25) is 0 Å². The molecule has 0 aliphatic heterocycles. The first-order valence-electron chi connectivity index (χ1n) is 8.54. The van der Waals surface area contributed by atoms with E-state index in [9.17, 15) is 0 Å². The number of rotatable bonds is 2. The van der Waals surface area contributed by atoms with Crippen molar-refractivity contribution in [3.8, 4) is 0 Å². The molecule has 5 saturated carbocycles. The van der Waals surface area contributed by atoms with Gasteiger partial charge in [0, 0.05) is 12.1 Å². The second kappa shape index (κ2) is 4.51. The smallest absolute Gasteiger partial charge is 0.0127 e. The summed E-state index contributed by atoms with van der Waals surface area (Å²) in [6, 6.07) is 1.78. The van der Waals surface area contributed by atoms with E-state index in [1.807, 2.05) is 0 Å². The van der Waals surface area contributed by atoms with Crippen LogP contribution in [-0.2, 0) is 0 Å². The van der Waals surface area contributed by atoms with Gasteiger partial charge in [-0.3, -0.25) is 0 Å². The van der Waals surface area contributed by atoms with Crippen molar-refractivity contribution in [2.75, 3.05) is 0 Å². The van der Waals surface area contributed by atoms with Gasteiger partial charge in [-0.25, -0.2) is 0 Å². The zero-order valence-electron chi connectivity index (χ0n) is 11.9. The topological polar surface area (TPSA) is 12.0 Å². The number of hydrogen-bond donors (Lipinski definition) is 1. The van der Waals surface area contributed by atoms with E-state index in [2.05, 4.69) is 12.2 Å². The van der Waals surface area contributed by atoms with Gasteiger partial charge in [-0.15, -0.1) is 0 Å². The molecule has 5 fully saturated rings. The summed E-state index contributed by atoms with van der Waals surface area (Å²) in [5.74, 6) is 5.34. The van der Waals surface area contributed by atoms with Gasteiger partial charge >= 0.3 is 0 Å². The largest absolute Gasteiger partial charge is 0.311 e. The maximum atomic E-state index is 4.12. The van der Waals surface area contributed by atoms with Crippen molar-refractivity contribution < 1.29 is 0 Å². The fourth-order valence-electron chi connectivity index (χ4n) is 5.90. The van der Waals surface area contributed by atoms with E-state index >= 15 is 0 Å². The van der Waals surface area contributed by atoms with E-state index < -0.39 is 0 Å². The van der Waals surface area contributed by atoms with Crippen LogP contribution in [0.25, 0.3) is 0 Å². The molecule has 0 atom stereocenters. The molecule has 18 heavy (non-hydrogen) atoms. The summed E-state index contributed by atoms with van der Waals surface area (Å²) in [7, 11) is 0. The molecule has 5 rings (SSSR count). The van der Waals surface area contributed by atoms with Crippen LogP contribution in [0, 0.1) is 29.6 Å². The van der Waals surface area contributed by atoms with Crippen LogP contribution in [-0.4, -0.2) is 12.1 Å². The molecule has 0 radical (unpaired) electrons. The summed E-state index contributed by atoms with van der Waals surface area (Å²) >= 11 is 0. The van der Waals surface area contributed by atoms with Crippen LogP contribution in [0.5, 0.6) is 0 Å². The second-order valence-electron chi connectivity index (χ2n) is 8.08. The summed E-state index contributed by atoms with van der Waals surface area (Å²) < 4.78 is 0. The standard InChI is InChI=1S/C17H29N/c1-11-2-4-16(5-3-11)18-17-14-7-12-6-13(9-14)10-15(17)8-12/h11-18H,2-10H2,1H3. The third-order valence-corrected chi connectivity index (χ3v) is 6.67. The number of nitrogens with one attached hydrogen (secondary N) is 1. The van der Waals surface area contributed by atoms with Crippen LogP contribution >= 0.6 is 0 Å². The molecule has 1 nitrogen and oxygen atoms in total. The molecule has 0 spiro atoms. The molecule has 0 aromatic heterocycles. The Bertz CT molecular complexity index is 275. The van der Waals surface area contributed by atoms with Gasteiger partial charge in [0.15, 0.2) is 0 Å². The molecular formula is C17H29N. The Hall–Kier alpha value is -0.0400. The molecule has 4 bridgehead atoms. The van der Waals surface area contributed by atoms with Gasteiger partial charge in [0.1, 0.15) is 0 Å². The predicted octanol–water partition coefficient (Wildman–Crippen LogP) is 3.98. The van der Waals surface area contributed by atoms with Crippen molar-refractivity contribution in [1.82, 2.24) is 5.32 Å². The van der Waals surface area contributed by atoms with E-state index in [4.69, 9.17) is 0 Å². The lowest BCUT2D eigenvalue weighted by Crippen LogP contribution is -2.57. The lowest BCUT2D eigenvalue weighted by atomic mass is 9.54. The Kier molecular flexibility index (Phi) is 2.94. The average Bonchev–Trinajstić information content (AvgIpc) is 2.35. The van der Waals surface area contributed by atoms with Crippen molar-refractivity contribution in [2.24, 2.45) is 29.6 Å². The molecular weight excluding hydrogens is 218 g/mol.